The first-order valence-corrected chi connectivity index (χ1v) is 9.42. The van der Waals surface area contributed by atoms with E-state index < -0.39 is 0 Å². The number of pyridine rings is 1. The number of rotatable bonds is 4. The molecule has 0 radical (unpaired) electrons. The Bertz CT molecular complexity index is 959. The van der Waals surface area contributed by atoms with Crippen molar-refractivity contribution >= 4 is 11.6 Å². The second kappa shape index (κ2) is 8.13. The highest BCUT2D eigenvalue weighted by molar-refractivity contribution is 5.94. The Hall–Kier alpha value is -3.34. The molecule has 0 unspecified atom stereocenters. The molecule has 0 atom stereocenters. The number of likely N-dealkylation sites (N-methyl/N-ethyl adjacent to an activating group) is 1. The molecule has 0 spiro atoms. The quantitative estimate of drug-likeness (QED) is 0.699. The first-order valence-electron chi connectivity index (χ1n) is 9.42. The lowest BCUT2D eigenvalue weighted by Gasteiger charge is -2.21. The molecule has 0 saturated heterocycles. The molecule has 1 aromatic heterocycles. The summed E-state index contributed by atoms with van der Waals surface area (Å²) in [5, 5.41) is 0. The van der Waals surface area contributed by atoms with E-state index >= 15 is 0 Å². The molecule has 5 heteroatoms. The fourth-order valence-electron chi connectivity index (χ4n) is 3.40. The third-order valence-corrected chi connectivity index (χ3v) is 4.97. The van der Waals surface area contributed by atoms with Crippen LogP contribution >= 0.6 is 0 Å². The lowest BCUT2D eigenvalue weighted by atomic mass is 10.1. The third-order valence-electron chi connectivity index (χ3n) is 4.97. The molecule has 28 heavy (non-hydrogen) atoms. The van der Waals surface area contributed by atoms with Crippen LogP contribution in [0.1, 0.15) is 21.5 Å². The zero-order chi connectivity index (χ0) is 19.3. The van der Waals surface area contributed by atoms with Crippen LogP contribution in [0.2, 0.25) is 0 Å². The highest BCUT2D eigenvalue weighted by Gasteiger charge is 2.22. The fraction of sp³-hybridized carbons (Fsp3) is 0.217. The molecular formula is C23H23N3O2. The molecule has 0 N–H and O–H groups in total. The van der Waals surface area contributed by atoms with Gasteiger partial charge in [-0.2, -0.15) is 0 Å². The van der Waals surface area contributed by atoms with Crippen LogP contribution in [0.3, 0.4) is 0 Å². The van der Waals surface area contributed by atoms with Crippen LogP contribution in [0.4, 0.5) is 5.69 Å². The zero-order valence-electron chi connectivity index (χ0n) is 15.9. The Labute approximate surface area is 165 Å². The minimum absolute atomic E-state index is 0.00272. The van der Waals surface area contributed by atoms with Crippen molar-refractivity contribution in [3.8, 4) is 5.88 Å². The van der Waals surface area contributed by atoms with E-state index in [-0.39, 0.29) is 5.91 Å². The molecule has 1 aliphatic rings. The summed E-state index contributed by atoms with van der Waals surface area (Å²) in [5.74, 6) is 0.458. The van der Waals surface area contributed by atoms with Crippen molar-refractivity contribution in [2.24, 2.45) is 0 Å². The van der Waals surface area contributed by atoms with E-state index in [0.717, 1.165) is 17.7 Å². The predicted octanol–water partition coefficient (Wildman–Crippen LogP) is 3.75. The first kappa shape index (κ1) is 18.0. The predicted molar refractivity (Wildman–Crippen MR) is 109 cm³/mol. The van der Waals surface area contributed by atoms with Crippen molar-refractivity contribution in [3.63, 3.8) is 0 Å². The molecule has 2 aromatic carbocycles. The van der Waals surface area contributed by atoms with Gasteiger partial charge in [0.05, 0.1) is 0 Å². The highest BCUT2D eigenvalue weighted by atomic mass is 16.5. The van der Waals surface area contributed by atoms with E-state index in [0.29, 0.717) is 31.1 Å². The SMILES string of the molecule is CN1CCN(C(=O)c2ccnc(OCc3ccccc3)c2)Cc2ccccc21. The van der Waals surface area contributed by atoms with Gasteiger partial charge >= 0.3 is 0 Å². The number of hydrogen-bond donors (Lipinski definition) is 0. The largest absolute Gasteiger partial charge is 0.473 e. The van der Waals surface area contributed by atoms with Gasteiger partial charge in [-0.05, 0) is 23.3 Å². The normalized spacial score (nSPS) is 13.6. The van der Waals surface area contributed by atoms with Crippen molar-refractivity contribution in [1.29, 1.82) is 0 Å². The molecular weight excluding hydrogens is 350 g/mol. The van der Waals surface area contributed by atoms with Gasteiger partial charge in [-0.15, -0.1) is 0 Å². The molecule has 3 aromatic rings. The molecule has 1 amide bonds. The summed E-state index contributed by atoms with van der Waals surface area (Å²) in [7, 11) is 2.06. The second-order valence-corrected chi connectivity index (χ2v) is 6.93. The average molecular weight is 373 g/mol. The second-order valence-electron chi connectivity index (χ2n) is 6.93. The number of fused-ring (bicyclic) bond motifs is 1. The first-order chi connectivity index (χ1) is 13.7. The summed E-state index contributed by atoms with van der Waals surface area (Å²) in [4.78, 5) is 21.5. The maximum Gasteiger partial charge on any atom is 0.254 e. The maximum absolute atomic E-state index is 13.1. The Balaban J connectivity index is 1.49. The Morgan fingerprint density at radius 1 is 1.04 bits per heavy atom. The van der Waals surface area contributed by atoms with Crippen LogP contribution in [0, 0.1) is 0 Å². The molecule has 142 valence electrons. The van der Waals surface area contributed by atoms with Crippen LogP contribution in [-0.4, -0.2) is 35.9 Å². The highest BCUT2D eigenvalue weighted by Crippen LogP contribution is 2.25. The smallest absolute Gasteiger partial charge is 0.254 e. The van der Waals surface area contributed by atoms with E-state index in [1.54, 1.807) is 18.3 Å². The fourth-order valence-corrected chi connectivity index (χ4v) is 3.40. The van der Waals surface area contributed by atoms with Gasteiger partial charge in [0.1, 0.15) is 6.61 Å². The summed E-state index contributed by atoms with van der Waals surface area (Å²) < 4.78 is 5.78. The van der Waals surface area contributed by atoms with Crippen molar-refractivity contribution in [2.45, 2.75) is 13.2 Å². The van der Waals surface area contributed by atoms with Crippen LogP contribution in [0.5, 0.6) is 5.88 Å². The number of hydrogen-bond acceptors (Lipinski definition) is 4. The van der Waals surface area contributed by atoms with E-state index in [1.165, 1.54) is 5.69 Å². The molecule has 4 rings (SSSR count). The van der Waals surface area contributed by atoms with Crippen LogP contribution in [-0.2, 0) is 13.2 Å². The molecule has 0 aliphatic carbocycles. The summed E-state index contributed by atoms with van der Waals surface area (Å²) in [6.07, 6.45) is 1.63. The van der Waals surface area contributed by atoms with E-state index in [9.17, 15) is 4.79 Å². The third kappa shape index (κ3) is 3.98. The minimum Gasteiger partial charge on any atom is -0.473 e. The summed E-state index contributed by atoms with van der Waals surface area (Å²) in [6.45, 7) is 2.49. The zero-order valence-corrected chi connectivity index (χ0v) is 15.9. The number of para-hydroxylation sites is 1. The molecule has 5 nitrogen and oxygen atoms in total. The lowest BCUT2D eigenvalue weighted by molar-refractivity contribution is 0.0751. The number of amides is 1. The Morgan fingerprint density at radius 3 is 2.68 bits per heavy atom. The molecule has 0 bridgehead atoms. The van der Waals surface area contributed by atoms with Gasteiger partial charge < -0.3 is 14.5 Å². The monoisotopic (exact) mass is 373 g/mol. The molecule has 0 fully saturated rings. The van der Waals surface area contributed by atoms with Gasteiger partial charge in [0.25, 0.3) is 5.91 Å². The number of nitrogens with zero attached hydrogens (tertiary/aromatic N) is 3. The number of aromatic nitrogens is 1. The summed E-state index contributed by atoms with van der Waals surface area (Å²) >= 11 is 0. The topological polar surface area (TPSA) is 45.7 Å². The van der Waals surface area contributed by atoms with Crippen LogP contribution in [0.15, 0.2) is 72.9 Å². The van der Waals surface area contributed by atoms with E-state index in [4.69, 9.17) is 4.74 Å². The maximum atomic E-state index is 13.1. The van der Waals surface area contributed by atoms with Crippen molar-refractivity contribution in [3.05, 3.63) is 89.6 Å². The minimum atomic E-state index is -0.00272. The van der Waals surface area contributed by atoms with E-state index in [2.05, 4.69) is 29.1 Å². The van der Waals surface area contributed by atoms with Gasteiger partial charge in [-0.3, -0.25) is 4.79 Å². The number of ether oxygens (including phenoxy) is 1. The van der Waals surface area contributed by atoms with Gasteiger partial charge in [0, 0.05) is 50.2 Å². The van der Waals surface area contributed by atoms with E-state index in [1.807, 2.05) is 47.4 Å². The van der Waals surface area contributed by atoms with Crippen molar-refractivity contribution < 1.29 is 9.53 Å². The van der Waals surface area contributed by atoms with Crippen molar-refractivity contribution in [1.82, 2.24) is 9.88 Å². The standard InChI is InChI=1S/C23H23N3O2/c1-25-13-14-26(16-20-9-5-6-10-21(20)25)23(27)19-11-12-24-22(15-19)28-17-18-7-3-2-4-8-18/h2-12,15H,13-14,16-17H2,1H3. The Morgan fingerprint density at radius 2 is 1.82 bits per heavy atom. The number of carbonyl (C=O) groups excluding carboxylic acids is 1. The van der Waals surface area contributed by atoms with Crippen LogP contribution < -0.4 is 9.64 Å². The molecule has 1 aliphatic heterocycles. The molecule has 0 saturated carbocycles. The number of benzene rings is 2. The summed E-state index contributed by atoms with van der Waals surface area (Å²) in [5.41, 5.74) is 4.00. The van der Waals surface area contributed by atoms with Gasteiger partial charge in [0.15, 0.2) is 0 Å². The average Bonchev–Trinajstić information content (AvgIpc) is 2.92. The number of anilines is 1. The lowest BCUT2D eigenvalue weighted by Crippen LogP contribution is -2.34. The van der Waals surface area contributed by atoms with Gasteiger partial charge in [-0.25, -0.2) is 4.98 Å². The van der Waals surface area contributed by atoms with Crippen LogP contribution in [0.25, 0.3) is 0 Å². The number of carbonyl (C=O) groups is 1. The van der Waals surface area contributed by atoms with Gasteiger partial charge in [-0.1, -0.05) is 48.5 Å². The Kier molecular flexibility index (Phi) is 5.24. The summed E-state index contributed by atoms with van der Waals surface area (Å²) in [6, 6.07) is 21.6. The van der Waals surface area contributed by atoms with Gasteiger partial charge in [0.2, 0.25) is 5.88 Å². The van der Waals surface area contributed by atoms with Crippen molar-refractivity contribution in [2.75, 3.05) is 25.0 Å². The molecule has 2 heterocycles.